The minimum Gasteiger partial charge on any atom is -1.00 e. The van der Waals surface area contributed by atoms with Crippen LogP contribution < -0.4 is 28.5 Å². The molecule has 0 saturated heterocycles. The predicted octanol–water partition coefficient (Wildman–Crippen LogP) is 1.45. The average molecular weight is 473 g/mol. The summed E-state index contributed by atoms with van der Waals surface area (Å²) >= 11 is 0. The molecule has 0 N–H and O–H groups in total. The highest BCUT2D eigenvalue weighted by molar-refractivity contribution is 5.96. The van der Waals surface area contributed by atoms with Crippen LogP contribution in [0.5, 0.6) is 0 Å². The summed E-state index contributed by atoms with van der Waals surface area (Å²) in [7, 11) is 0. The topological polar surface area (TPSA) is 30.2 Å². The van der Waals surface area contributed by atoms with Crippen LogP contribution in [0.25, 0.3) is 11.1 Å². The number of carbonyl (C=O) groups excluding carboxylic acids is 1. The second-order valence-corrected chi connectivity index (χ2v) is 6.19. The van der Waals surface area contributed by atoms with Gasteiger partial charge in [0.2, 0.25) is 0 Å². The van der Waals surface area contributed by atoms with E-state index < -0.39 is 0 Å². The smallest absolute Gasteiger partial charge is 0.344 e. The van der Waals surface area contributed by atoms with Gasteiger partial charge in [-0.15, -0.1) is 0 Å². The van der Waals surface area contributed by atoms with E-state index in [0.29, 0.717) is 12.2 Å². The molecule has 1 heterocycles. The number of hydrogen-bond donors (Lipinski definition) is 0. The molecule has 3 rings (SSSR count). The number of ether oxygens (including phenoxy) is 1. The molecule has 0 bridgehead atoms. The molecule has 2 aromatic carbocycles. The van der Waals surface area contributed by atoms with E-state index in [2.05, 4.69) is 19.1 Å². The number of carbonyl (C=O) groups is 1. The lowest BCUT2D eigenvalue weighted by molar-refractivity contribution is -0.693. The summed E-state index contributed by atoms with van der Waals surface area (Å²) in [6, 6.07) is 22.2. The molecule has 0 unspecified atom stereocenters. The molecule has 3 nitrogen and oxygen atoms in total. The lowest BCUT2D eigenvalue weighted by atomic mass is 10.0. The van der Waals surface area contributed by atoms with E-state index in [1.165, 1.54) is 5.56 Å². The first-order valence-electron chi connectivity index (χ1n) is 9.07. The molecule has 140 valence electrons. The first-order chi connectivity index (χ1) is 12.8. The van der Waals surface area contributed by atoms with Gasteiger partial charge in [-0.2, -0.15) is 0 Å². The van der Waals surface area contributed by atoms with Gasteiger partial charge in [-0.1, -0.05) is 60.7 Å². The number of halogens is 1. The summed E-state index contributed by atoms with van der Waals surface area (Å²) in [6.45, 7) is 3.28. The molecular weight excluding hydrogens is 449 g/mol. The predicted molar refractivity (Wildman–Crippen MR) is 103 cm³/mol. The van der Waals surface area contributed by atoms with Crippen LogP contribution in [0.1, 0.15) is 29.3 Å². The van der Waals surface area contributed by atoms with Gasteiger partial charge in [0.1, 0.15) is 12.1 Å². The van der Waals surface area contributed by atoms with Crippen molar-refractivity contribution in [1.29, 1.82) is 0 Å². The van der Waals surface area contributed by atoms with Crippen LogP contribution in [0.3, 0.4) is 0 Å². The molecule has 3 aromatic rings. The summed E-state index contributed by atoms with van der Waals surface area (Å²) in [5, 5.41) is 0. The fourth-order valence-electron chi connectivity index (χ4n) is 2.93. The minimum atomic E-state index is -0.264. The Morgan fingerprint density at radius 2 is 1.63 bits per heavy atom. The highest BCUT2D eigenvalue weighted by Gasteiger charge is 2.18. The maximum atomic E-state index is 12.7. The zero-order valence-electron chi connectivity index (χ0n) is 15.5. The summed E-state index contributed by atoms with van der Waals surface area (Å²) < 4.78 is 7.55. The number of pyridine rings is 1. The highest BCUT2D eigenvalue weighted by Crippen LogP contribution is 2.23. The van der Waals surface area contributed by atoms with E-state index in [9.17, 15) is 4.79 Å². The number of aryl methyl sites for hydroxylation is 2. The zero-order valence-corrected chi connectivity index (χ0v) is 17.6. The van der Waals surface area contributed by atoms with Crippen molar-refractivity contribution in [2.75, 3.05) is 6.61 Å². The van der Waals surface area contributed by atoms with E-state index in [-0.39, 0.29) is 29.9 Å². The Kier molecular flexibility index (Phi) is 8.45. The van der Waals surface area contributed by atoms with Crippen LogP contribution in [0, 0.1) is 0 Å². The zero-order chi connectivity index (χ0) is 18.2. The van der Waals surface area contributed by atoms with Crippen LogP contribution in [0.4, 0.5) is 0 Å². The number of nitrogens with zero attached hydrogens (tertiary/aromatic N) is 1. The third kappa shape index (κ3) is 5.89. The van der Waals surface area contributed by atoms with Crippen molar-refractivity contribution in [3.8, 4) is 11.1 Å². The average Bonchev–Trinajstić information content (AvgIpc) is 2.72. The van der Waals surface area contributed by atoms with Crippen LogP contribution >= 0.6 is 0 Å². The molecule has 0 fully saturated rings. The SMILES string of the molecule is CC[n+]1ccc(-c2ccccc2)c(C(=O)OCCCc2ccccc2)c1.[I-]. The van der Waals surface area contributed by atoms with Crippen molar-refractivity contribution in [3.05, 3.63) is 90.3 Å². The largest absolute Gasteiger partial charge is 1.00 e. The first kappa shape index (κ1) is 21.1. The maximum absolute atomic E-state index is 12.7. The van der Waals surface area contributed by atoms with Gasteiger partial charge in [0, 0.05) is 11.6 Å². The Morgan fingerprint density at radius 3 is 2.30 bits per heavy atom. The lowest BCUT2D eigenvalue weighted by Crippen LogP contribution is -3.00. The van der Waals surface area contributed by atoms with Crippen molar-refractivity contribution >= 4 is 5.97 Å². The van der Waals surface area contributed by atoms with Crippen LogP contribution in [0.2, 0.25) is 0 Å². The molecule has 0 atom stereocenters. The number of rotatable bonds is 7. The molecule has 0 radical (unpaired) electrons. The van der Waals surface area contributed by atoms with E-state index >= 15 is 0 Å². The van der Waals surface area contributed by atoms with Crippen molar-refractivity contribution in [2.24, 2.45) is 0 Å². The molecule has 0 aliphatic carbocycles. The highest BCUT2D eigenvalue weighted by atomic mass is 127. The molecule has 0 aliphatic heterocycles. The van der Waals surface area contributed by atoms with Gasteiger partial charge in [0.05, 0.1) is 6.61 Å². The lowest BCUT2D eigenvalue weighted by Gasteiger charge is -2.09. The van der Waals surface area contributed by atoms with Gasteiger partial charge in [0.15, 0.2) is 12.4 Å². The van der Waals surface area contributed by atoms with Gasteiger partial charge in [-0.05, 0) is 30.9 Å². The normalized spacial score (nSPS) is 10.1. The molecule has 4 heteroatoms. The molecule has 0 spiro atoms. The molecule has 0 saturated carbocycles. The summed E-state index contributed by atoms with van der Waals surface area (Å²) in [6.07, 6.45) is 5.59. The quantitative estimate of drug-likeness (QED) is 0.225. The van der Waals surface area contributed by atoms with Crippen molar-refractivity contribution in [2.45, 2.75) is 26.3 Å². The van der Waals surface area contributed by atoms with Crippen molar-refractivity contribution in [3.63, 3.8) is 0 Å². The van der Waals surface area contributed by atoms with E-state index in [1.807, 2.05) is 71.6 Å². The molecule has 27 heavy (non-hydrogen) atoms. The van der Waals surface area contributed by atoms with Crippen LogP contribution in [-0.4, -0.2) is 12.6 Å². The van der Waals surface area contributed by atoms with Crippen molar-refractivity contribution < 1.29 is 38.1 Å². The third-order valence-electron chi connectivity index (χ3n) is 4.37. The molecule has 0 aliphatic rings. The summed E-state index contributed by atoms with van der Waals surface area (Å²) in [5.74, 6) is -0.264. The molecule has 1 aromatic heterocycles. The van der Waals surface area contributed by atoms with Gasteiger partial charge < -0.3 is 28.7 Å². The Balaban J connectivity index is 0.00000261. The van der Waals surface area contributed by atoms with Crippen LogP contribution in [-0.2, 0) is 17.7 Å². The van der Waals surface area contributed by atoms with Crippen molar-refractivity contribution in [1.82, 2.24) is 0 Å². The van der Waals surface area contributed by atoms with E-state index in [0.717, 1.165) is 30.5 Å². The second-order valence-electron chi connectivity index (χ2n) is 6.19. The number of aromatic nitrogens is 1. The van der Waals surface area contributed by atoms with E-state index in [4.69, 9.17) is 4.74 Å². The first-order valence-corrected chi connectivity index (χ1v) is 9.07. The van der Waals surface area contributed by atoms with Gasteiger partial charge in [0.25, 0.3) is 0 Å². The standard InChI is InChI=1S/C23H24NO2.HI/c1-2-24-16-15-21(20-13-7-4-8-14-20)22(18-24)23(25)26-17-9-12-19-10-5-3-6-11-19;/h3-8,10-11,13-16,18H,2,9,12,17H2,1H3;1H/q+1;/p-1. The molecule has 0 amide bonds. The number of hydrogen-bond acceptors (Lipinski definition) is 2. The Bertz CT molecular complexity index is 851. The number of benzene rings is 2. The van der Waals surface area contributed by atoms with Crippen LogP contribution in [0.15, 0.2) is 79.1 Å². The second kappa shape index (κ2) is 10.8. The summed E-state index contributed by atoms with van der Waals surface area (Å²) in [4.78, 5) is 12.7. The summed E-state index contributed by atoms with van der Waals surface area (Å²) in [5.41, 5.74) is 3.80. The van der Waals surface area contributed by atoms with Gasteiger partial charge in [-0.25, -0.2) is 9.36 Å². The van der Waals surface area contributed by atoms with E-state index in [1.54, 1.807) is 0 Å². The van der Waals surface area contributed by atoms with Gasteiger partial charge >= 0.3 is 5.97 Å². The number of esters is 1. The minimum absolute atomic E-state index is 0. The fourth-order valence-corrected chi connectivity index (χ4v) is 2.93. The fraction of sp³-hybridized carbons (Fsp3) is 0.217. The Morgan fingerprint density at radius 1 is 0.963 bits per heavy atom. The maximum Gasteiger partial charge on any atom is 0.344 e. The Labute approximate surface area is 178 Å². The molecular formula is C23H24INO2. The Hall–Kier alpha value is -2.21. The van der Waals surface area contributed by atoms with Gasteiger partial charge in [-0.3, -0.25) is 0 Å². The monoisotopic (exact) mass is 473 g/mol. The third-order valence-corrected chi connectivity index (χ3v) is 4.37.